The normalized spacial score (nSPS) is 8.57. The molecule has 0 saturated carbocycles. The lowest BCUT2D eigenvalue weighted by molar-refractivity contribution is 0.601. The van der Waals surface area contributed by atoms with Crippen LogP contribution in [0.1, 0.15) is 0 Å². The molecule has 0 atom stereocenters. The number of aromatic nitrogens is 3. The molecule has 0 amide bonds. The van der Waals surface area contributed by atoms with Crippen LogP contribution in [0.3, 0.4) is 0 Å². The molecule has 1 aromatic heterocycles. The van der Waals surface area contributed by atoms with Crippen molar-refractivity contribution in [2.45, 2.75) is 5.16 Å². The van der Waals surface area contributed by atoms with E-state index in [1.807, 2.05) is 0 Å². The lowest BCUT2D eigenvalue weighted by atomic mass is 11.3. The van der Waals surface area contributed by atoms with Crippen molar-refractivity contribution in [2.24, 2.45) is 0 Å². The molecule has 0 bridgehead atoms. The van der Waals surface area contributed by atoms with Crippen molar-refractivity contribution in [1.82, 2.24) is 15.2 Å². The molecule has 0 fully saturated rings. The summed E-state index contributed by atoms with van der Waals surface area (Å²) in [7, 11) is 0. The first-order chi connectivity index (χ1) is 3.43. The highest BCUT2D eigenvalue weighted by molar-refractivity contribution is 7.65. The Labute approximate surface area is 43.5 Å². The zero-order valence-electron chi connectivity index (χ0n) is 3.29. The van der Waals surface area contributed by atoms with Gasteiger partial charge in [0.1, 0.15) is 6.33 Å². The molecule has 0 aliphatic heterocycles. The molecule has 1 N–H and O–H groups in total. The van der Waals surface area contributed by atoms with E-state index in [9.17, 15) is 4.21 Å². The summed E-state index contributed by atoms with van der Waals surface area (Å²) < 4.78 is 9.78. The summed E-state index contributed by atoms with van der Waals surface area (Å²) in [4.78, 5) is 3.52. The first kappa shape index (κ1) is 4.32. The summed E-state index contributed by atoms with van der Waals surface area (Å²) in [5.41, 5.74) is 0. The van der Waals surface area contributed by atoms with Crippen LogP contribution in [0.5, 0.6) is 0 Å². The maximum atomic E-state index is 9.78. The van der Waals surface area contributed by atoms with Crippen molar-refractivity contribution in [3.05, 3.63) is 6.33 Å². The Balaban J connectivity index is 2.96. The number of H-pyrrole nitrogens is 1. The summed E-state index contributed by atoms with van der Waals surface area (Å²) in [6.07, 6.45) is 1.29. The number of nitrogens with one attached hydrogen (secondary N) is 1. The molecule has 0 aromatic carbocycles. The third-order valence-electron chi connectivity index (χ3n) is 0.472. The molecule has 1 aromatic rings. The van der Waals surface area contributed by atoms with Crippen molar-refractivity contribution in [2.75, 3.05) is 0 Å². The zero-order chi connectivity index (χ0) is 5.11. The van der Waals surface area contributed by atoms with Crippen molar-refractivity contribution in [3.8, 4) is 0 Å². The van der Waals surface area contributed by atoms with Gasteiger partial charge in [0.05, 0.1) is 0 Å². The molecule has 0 saturated heterocycles. The first-order valence-corrected chi connectivity index (χ1v) is 2.33. The van der Waals surface area contributed by atoms with Crippen LogP contribution in [0.4, 0.5) is 0 Å². The van der Waals surface area contributed by atoms with E-state index >= 15 is 0 Å². The van der Waals surface area contributed by atoms with E-state index < -0.39 is 0 Å². The molecule has 1 rings (SSSR count). The first-order valence-electron chi connectivity index (χ1n) is 1.58. The second-order valence-electron chi connectivity index (χ2n) is 0.874. The molecule has 0 aliphatic carbocycles. The maximum absolute atomic E-state index is 9.78. The highest BCUT2D eigenvalue weighted by atomic mass is 32.1. The Morgan fingerprint density at radius 3 is 3.00 bits per heavy atom. The van der Waals surface area contributed by atoms with E-state index in [0.29, 0.717) is 16.8 Å². The lowest BCUT2D eigenvalue weighted by Gasteiger charge is -1.48. The van der Waals surface area contributed by atoms with Crippen LogP contribution in [-0.4, -0.2) is 15.2 Å². The van der Waals surface area contributed by atoms with Gasteiger partial charge in [-0.2, -0.15) is 10.1 Å². The van der Waals surface area contributed by atoms with Gasteiger partial charge in [-0.15, -0.1) is 0 Å². The molecule has 0 unspecified atom stereocenters. The van der Waals surface area contributed by atoms with Crippen molar-refractivity contribution in [3.63, 3.8) is 0 Å². The predicted molar refractivity (Wildman–Crippen MR) is 22.7 cm³/mol. The third kappa shape index (κ3) is 0.774. The van der Waals surface area contributed by atoms with Crippen molar-refractivity contribution >= 4 is 11.7 Å². The average molecular weight is 116 g/mol. The molecule has 5 heteroatoms. The molecule has 0 spiro atoms. The fourth-order valence-corrected chi connectivity index (χ4v) is 0.415. The van der Waals surface area contributed by atoms with Gasteiger partial charge >= 0.3 is 16.8 Å². The number of hydrogen-bond acceptors (Lipinski definition) is 3. The molecule has 36 valence electrons. The van der Waals surface area contributed by atoms with E-state index in [2.05, 4.69) is 15.2 Å². The van der Waals surface area contributed by atoms with Gasteiger partial charge in [0.15, 0.2) is 0 Å². The van der Waals surface area contributed by atoms with E-state index in [0.717, 1.165) is 0 Å². The smallest absolute Gasteiger partial charge is 0.206 e. The topological polar surface area (TPSA) is 58.6 Å². The monoisotopic (exact) mass is 116 g/mol. The van der Waals surface area contributed by atoms with Gasteiger partial charge in [-0.3, -0.25) is 0 Å². The number of rotatable bonds is 1. The minimum Gasteiger partial charge on any atom is -0.206 e. The summed E-state index contributed by atoms with van der Waals surface area (Å²) in [6.45, 7) is 0. The summed E-state index contributed by atoms with van der Waals surface area (Å²) >= 11 is 0.296. The molecular formula is C2H2N3OS+. The minimum atomic E-state index is 0.296. The van der Waals surface area contributed by atoms with Crippen molar-refractivity contribution < 1.29 is 4.21 Å². The Bertz CT molecular complexity index is 148. The molecule has 0 aliphatic rings. The molecular weight excluding hydrogens is 114 g/mol. The number of nitrogens with zero attached hydrogens (tertiary/aromatic N) is 2. The van der Waals surface area contributed by atoms with Gasteiger partial charge in [0.25, 0.3) is 0 Å². The fourth-order valence-electron chi connectivity index (χ4n) is 0.234. The fraction of sp³-hybridized carbons (Fsp3) is 0. The van der Waals surface area contributed by atoms with E-state index in [-0.39, 0.29) is 0 Å². The predicted octanol–water partition coefficient (Wildman–Crippen LogP) is -0.408. The molecule has 7 heavy (non-hydrogen) atoms. The minimum absolute atomic E-state index is 0.296. The largest absolute Gasteiger partial charge is 0.550 e. The Kier molecular flexibility index (Phi) is 1.08. The molecule has 0 radical (unpaired) electrons. The quantitative estimate of drug-likeness (QED) is 0.507. The van der Waals surface area contributed by atoms with Gasteiger partial charge in [-0.05, 0) is 0 Å². The Morgan fingerprint density at radius 2 is 2.71 bits per heavy atom. The average Bonchev–Trinajstić information content (AvgIpc) is 2.14. The summed E-state index contributed by atoms with van der Waals surface area (Å²) in [6, 6.07) is 0. The zero-order valence-corrected chi connectivity index (χ0v) is 4.10. The van der Waals surface area contributed by atoms with Crippen LogP contribution < -0.4 is 0 Å². The second-order valence-corrected chi connectivity index (χ2v) is 1.43. The van der Waals surface area contributed by atoms with E-state index in [1.165, 1.54) is 6.33 Å². The van der Waals surface area contributed by atoms with Crippen molar-refractivity contribution in [1.29, 1.82) is 0 Å². The van der Waals surface area contributed by atoms with Crippen LogP contribution in [-0.2, 0) is 15.9 Å². The van der Waals surface area contributed by atoms with Gasteiger partial charge in [-0.25, -0.2) is 5.10 Å². The number of hydrogen-bond donors (Lipinski definition) is 1. The third-order valence-corrected chi connectivity index (χ3v) is 0.826. The lowest BCUT2D eigenvalue weighted by Crippen LogP contribution is -1.72. The summed E-state index contributed by atoms with van der Waals surface area (Å²) in [5, 5.41) is 6.12. The molecule has 1 heterocycles. The van der Waals surface area contributed by atoms with Crippen LogP contribution in [0.25, 0.3) is 0 Å². The summed E-state index contributed by atoms with van der Waals surface area (Å²) in [5.74, 6) is 0. The molecule has 4 nitrogen and oxygen atoms in total. The van der Waals surface area contributed by atoms with E-state index in [4.69, 9.17) is 0 Å². The number of aromatic amines is 1. The van der Waals surface area contributed by atoms with Crippen LogP contribution >= 0.6 is 0 Å². The highest BCUT2D eigenvalue weighted by Gasteiger charge is 2.06. The highest BCUT2D eigenvalue weighted by Crippen LogP contribution is 1.78. The van der Waals surface area contributed by atoms with E-state index in [1.54, 1.807) is 0 Å². The second kappa shape index (κ2) is 1.74. The van der Waals surface area contributed by atoms with Crippen LogP contribution in [0.15, 0.2) is 11.5 Å². The van der Waals surface area contributed by atoms with Gasteiger partial charge in [-0.1, -0.05) is 0 Å². The standard InChI is InChI=1S/C2H2N3OS/c6-7-2-3-1-4-5-2/h1H,(H,3,4,5)/q+1. The van der Waals surface area contributed by atoms with Gasteiger partial charge in [0, 0.05) is 4.21 Å². The SMILES string of the molecule is O=[S+]c1ncn[nH]1. The Morgan fingerprint density at radius 1 is 1.86 bits per heavy atom. The van der Waals surface area contributed by atoms with Gasteiger partial charge in [0.2, 0.25) is 0 Å². The van der Waals surface area contributed by atoms with Crippen LogP contribution in [0.2, 0.25) is 0 Å². The maximum Gasteiger partial charge on any atom is 0.550 e. The van der Waals surface area contributed by atoms with Gasteiger partial charge < -0.3 is 0 Å². The van der Waals surface area contributed by atoms with Crippen LogP contribution in [0, 0.1) is 0 Å². The Hall–Kier alpha value is -0.840.